The molecule has 9 nitrogen and oxygen atoms in total. The van der Waals surface area contributed by atoms with Gasteiger partial charge in [-0.15, -0.1) is 0 Å². The van der Waals surface area contributed by atoms with Crippen molar-refractivity contribution in [1.82, 2.24) is 24.6 Å². The zero-order valence-electron chi connectivity index (χ0n) is 18.4. The van der Waals surface area contributed by atoms with Gasteiger partial charge >= 0.3 is 0 Å². The van der Waals surface area contributed by atoms with Crippen molar-refractivity contribution < 1.29 is 14.3 Å². The van der Waals surface area contributed by atoms with Crippen LogP contribution >= 0.6 is 0 Å². The number of rotatable bonds is 6. The van der Waals surface area contributed by atoms with Gasteiger partial charge < -0.3 is 19.4 Å². The number of aldehydes is 1. The van der Waals surface area contributed by atoms with E-state index in [4.69, 9.17) is 9.84 Å². The molecule has 1 fully saturated rings. The Morgan fingerprint density at radius 1 is 1.12 bits per heavy atom. The van der Waals surface area contributed by atoms with Crippen LogP contribution in [0.15, 0.2) is 65.7 Å². The number of nitrogens with one attached hydrogen (secondary N) is 1. The van der Waals surface area contributed by atoms with E-state index in [2.05, 4.69) is 9.97 Å². The molecule has 1 unspecified atom stereocenters. The molecule has 0 spiro atoms. The first-order valence-electron chi connectivity index (χ1n) is 11.1. The lowest BCUT2D eigenvalue weighted by Crippen LogP contribution is -2.41. The fraction of sp³-hybridized carbons (Fsp3) is 0.240. The molecule has 0 bridgehead atoms. The van der Waals surface area contributed by atoms with Gasteiger partial charge in [0.25, 0.3) is 5.56 Å². The summed E-state index contributed by atoms with van der Waals surface area (Å²) in [7, 11) is 0. The predicted molar refractivity (Wildman–Crippen MR) is 126 cm³/mol. The van der Waals surface area contributed by atoms with E-state index in [1.54, 1.807) is 9.58 Å². The molecule has 2 aromatic heterocycles. The molecular formula is C25H23N5O4. The molecule has 1 amide bonds. The highest BCUT2D eigenvalue weighted by molar-refractivity contribution is 5.90. The Bertz CT molecular complexity index is 1380. The number of ether oxygens (including phenoxy) is 1. The van der Waals surface area contributed by atoms with Crippen LogP contribution in [0.3, 0.4) is 0 Å². The number of hydrogen-bond acceptors (Lipinski definition) is 6. The van der Waals surface area contributed by atoms with Crippen LogP contribution in [0.5, 0.6) is 11.5 Å². The number of carbonyl (C=O) groups excluding carboxylic acids is 2. The number of H-pyrrole nitrogens is 1. The van der Waals surface area contributed by atoms with E-state index in [9.17, 15) is 14.4 Å². The zero-order valence-corrected chi connectivity index (χ0v) is 18.4. The number of para-hydroxylation sites is 1. The van der Waals surface area contributed by atoms with Gasteiger partial charge in [0.2, 0.25) is 5.91 Å². The maximum atomic E-state index is 12.8. The van der Waals surface area contributed by atoms with Crippen molar-refractivity contribution in [3.63, 3.8) is 0 Å². The Morgan fingerprint density at radius 2 is 1.88 bits per heavy atom. The molecule has 0 saturated carbocycles. The van der Waals surface area contributed by atoms with Gasteiger partial charge in [-0.25, -0.2) is 9.67 Å². The molecule has 172 valence electrons. The highest BCUT2D eigenvalue weighted by Crippen LogP contribution is 2.31. The van der Waals surface area contributed by atoms with Crippen molar-refractivity contribution in [2.24, 2.45) is 0 Å². The standard InChI is InChI=1S/C25H23N5O4/c31-14-12-21(32)29-13-4-5-18(15-29)30-24-22(25(33)27-16-26-24)23(28-30)17-8-10-20(11-9-17)34-19-6-2-1-3-7-19/h1-3,6-11,14,16,18H,4-5,12-13,15H2,(H,26,27,33). The second kappa shape index (κ2) is 9.30. The molecule has 3 heterocycles. The zero-order chi connectivity index (χ0) is 23.5. The molecule has 4 aromatic rings. The number of amides is 1. The molecule has 1 N–H and O–H groups in total. The summed E-state index contributed by atoms with van der Waals surface area (Å²) in [4.78, 5) is 44.5. The van der Waals surface area contributed by atoms with Crippen LogP contribution in [-0.2, 0) is 9.59 Å². The Morgan fingerprint density at radius 3 is 2.65 bits per heavy atom. The van der Waals surface area contributed by atoms with E-state index in [1.807, 2.05) is 54.6 Å². The first-order chi connectivity index (χ1) is 16.6. The van der Waals surface area contributed by atoms with Gasteiger partial charge in [0.05, 0.1) is 18.8 Å². The Labute approximate surface area is 195 Å². The lowest BCUT2D eigenvalue weighted by atomic mass is 10.1. The lowest BCUT2D eigenvalue weighted by molar-refractivity contribution is -0.134. The molecule has 9 heteroatoms. The van der Waals surface area contributed by atoms with E-state index < -0.39 is 0 Å². The van der Waals surface area contributed by atoms with Gasteiger partial charge in [0, 0.05) is 18.7 Å². The smallest absolute Gasteiger partial charge is 0.262 e. The highest BCUT2D eigenvalue weighted by Gasteiger charge is 2.28. The number of hydrogen-bond donors (Lipinski definition) is 1. The van der Waals surface area contributed by atoms with Crippen LogP contribution in [0.4, 0.5) is 0 Å². The number of carbonyl (C=O) groups is 2. The minimum atomic E-state index is -0.277. The van der Waals surface area contributed by atoms with Crippen molar-refractivity contribution in [2.75, 3.05) is 13.1 Å². The Hall–Kier alpha value is -4.27. The molecule has 1 atom stereocenters. The van der Waals surface area contributed by atoms with Crippen molar-refractivity contribution in [2.45, 2.75) is 25.3 Å². The van der Waals surface area contributed by atoms with Gasteiger partial charge in [0.1, 0.15) is 28.9 Å². The van der Waals surface area contributed by atoms with Crippen molar-refractivity contribution in [3.05, 3.63) is 71.3 Å². The SMILES string of the molecule is O=CCC(=O)N1CCCC(n2nc(-c3ccc(Oc4ccccc4)cc3)c3c(=O)[nH]cnc32)C1. The highest BCUT2D eigenvalue weighted by atomic mass is 16.5. The van der Waals surface area contributed by atoms with Crippen molar-refractivity contribution in [1.29, 1.82) is 0 Å². The second-order valence-corrected chi connectivity index (χ2v) is 8.17. The summed E-state index contributed by atoms with van der Waals surface area (Å²) < 4.78 is 7.61. The molecule has 2 aromatic carbocycles. The first kappa shape index (κ1) is 21.6. The van der Waals surface area contributed by atoms with Gasteiger partial charge in [-0.05, 0) is 49.2 Å². The summed E-state index contributed by atoms with van der Waals surface area (Å²) in [5.74, 6) is 1.20. The minimum Gasteiger partial charge on any atom is -0.457 e. The summed E-state index contributed by atoms with van der Waals surface area (Å²) in [6.45, 7) is 1.02. The molecule has 34 heavy (non-hydrogen) atoms. The number of nitrogens with zero attached hydrogens (tertiary/aromatic N) is 4. The normalized spacial score (nSPS) is 15.9. The molecule has 1 saturated heterocycles. The summed E-state index contributed by atoms with van der Waals surface area (Å²) in [5, 5.41) is 5.18. The summed E-state index contributed by atoms with van der Waals surface area (Å²) >= 11 is 0. The van der Waals surface area contributed by atoms with Crippen molar-refractivity contribution in [3.8, 4) is 22.8 Å². The van der Waals surface area contributed by atoms with E-state index in [-0.39, 0.29) is 23.9 Å². The fourth-order valence-corrected chi connectivity index (χ4v) is 4.33. The average molecular weight is 457 g/mol. The molecule has 1 aliphatic rings. The number of aromatic amines is 1. The molecule has 0 aliphatic carbocycles. The first-order valence-corrected chi connectivity index (χ1v) is 11.1. The number of likely N-dealkylation sites (tertiary alicyclic amines) is 1. The quantitative estimate of drug-likeness (QED) is 0.351. The van der Waals surface area contributed by atoms with Gasteiger partial charge in [-0.1, -0.05) is 18.2 Å². The monoisotopic (exact) mass is 457 g/mol. The van der Waals surface area contributed by atoms with Crippen LogP contribution in [0.25, 0.3) is 22.3 Å². The molecule has 5 rings (SSSR count). The van der Waals surface area contributed by atoms with Crippen molar-refractivity contribution >= 4 is 23.2 Å². The minimum absolute atomic E-state index is 0.132. The van der Waals surface area contributed by atoms with Crippen LogP contribution in [0.1, 0.15) is 25.3 Å². The largest absolute Gasteiger partial charge is 0.457 e. The number of fused-ring (bicyclic) bond motifs is 1. The average Bonchev–Trinajstić information content (AvgIpc) is 3.26. The van der Waals surface area contributed by atoms with E-state index >= 15 is 0 Å². The van der Waals surface area contributed by atoms with E-state index in [0.29, 0.717) is 41.9 Å². The van der Waals surface area contributed by atoms with Crippen LogP contribution in [0.2, 0.25) is 0 Å². The summed E-state index contributed by atoms with van der Waals surface area (Å²) in [6.07, 6.45) is 3.43. The number of piperidine rings is 1. The molecule has 0 radical (unpaired) electrons. The molecule has 1 aliphatic heterocycles. The third-order valence-electron chi connectivity index (χ3n) is 5.95. The van der Waals surface area contributed by atoms with Gasteiger partial charge in [0.15, 0.2) is 5.65 Å². The van der Waals surface area contributed by atoms with Crippen LogP contribution in [0, 0.1) is 0 Å². The Balaban J connectivity index is 1.49. The number of aromatic nitrogens is 4. The Kier molecular flexibility index (Phi) is 5.90. The topological polar surface area (TPSA) is 110 Å². The third-order valence-corrected chi connectivity index (χ3v) is 5.95. The van der Waals surface area contributed by atoms with E-state index in [0.717, 1.165) is 24.2 Å². The second-order valence-electron chi connectivity index (χ2n) is 8.17. The van der Waals surface area contributed by atoms with Crippen LogP contribution in [-0.4, -0.2) is 49.9 Å². The predicted octanol–water partition coefficient (Wildman–Crippen LogP) is 3.33. The number of benzene rings is 2. The summed E-state index contributed by atoms with van der Waals surface area (Å²) in [5.41, 5.74) is 1.47. The van der Waals surface area contributed by atoms with Gasteiger partial charge in [-0.3, -0.25) is 9.59 Å². The lowest BCUT2D eigenvalue weighted by Gasteiger charge is -2.32. The maximum Gasteiger partial charge on any atom is 0.262 e. The van der Waals surface area contributed by atoms with E-state index in [1.165, 1.54) is 6.33 Å². The fourth-order valence-electron chi connectivity index (χ4n) is 4.33. The van der Waals surface area contributed by atoms with Gasteiger partial charge in [-0.2, -0.15) is 5.10 Å². The summed E-state index contributed by atoms with van der Waals surface area (Å²) in [6, 6.07) is 16.7. The third kappa shape index (κ3) is 4.19. The molecular weight excluding hydrogens is 434 g/mol. The maximum absolute atomic E-state index is 12.8. The van der Waals surface area contributed by atoms with Crippen LogP contribution < -0.4 is 10.3 Å².